The summed E-state index contributed by atoms with van der Waals surface area (Å²) in [6, 6.07) is 5.19. The van der Waals surface area contributed by atoms with Crippen molar-refractivity contribution >= 4 is 21.7 Å². The minimum absolute atomic E-state index is 0.220. The molecule has 1 aromatic rings. The molecule has 0 fully saturated rings. The first-order chi connectivity index (χ1) is 10.6. The third-order valence-electron chi connectivity index (χ3n) is 3.22. The van der Waals surface area contributed by atoms with E-state index in [0.29, 0.717) is 5.69 Å². The Morgan fingerprint density at radius 2 is 1.96 bits per heavy atom. The fourth-order valence-electron chi connectivity index (χ4n) is 1.85. The van der Waals surface area contributed by atoms with Gasteiger partial charge in [-0.05, 0) is 44.9 Å². The smallest absolute Gasteiger partial charge is 0.333 e. The van der Waals surface area contributed by atoms with E-state index in [-0.39, 0.29) is 5.70 Å². The Morgan fingerprint density at radius 3 is 2.48 bits per heavy atom. The largest absolute Gasteiger partial charge is 0.441 e. The Kier molecular flexibility index (Phi) is 6.17. The van der Waals surface area contributed by atoms with E-state index in [4.69, 9.17) is 15.3 Å². The van der Waals surface area contributed by atoms with Gasteiger partial charge >= 0.3 is 5.97 Å². The number of benzene rings is 1. The topological polar surface area (TPSA) is 98.9 Å². The minimum Gasteiger partial charge on any atom is -0.441 e. The first kappa shape index (κ1) is 19.0. The number of carbonyl (C=O) groups is 1. The molecule has 2 N–H and O–H groups in total. The van der Waals surface area contributed by atoms with Crippen LogP contribution in [0.4, 0.5) is 5.69 Å². The van der Waals surface area contributed by atoms with E-state index in [1.54, 1.807) is 19.1 Å². The van der Waals surface area contributed by atoms with E-state index in [1.165, 1.54) is 21.0 Å². The lowest BCUT2D eigenvalue weighted by Crippen LogP contribution is -2.39. The quantitative estimate of drug-likeness (QED) is 0.480. The van der Waals surface area contributed by atoms with Crippen molar-refractivity contribution in [2.24, 2.45) is 5.73 Å². The van der Waals surface area contributed by atoms with E-state index in [0.717, 1.165) is 21.7 Å². The average molecular weight is 342 g/mol. The molecule has 0 aliphatic rings. The summed E-state index contributed by atoms with van der Waals surface area (Å²) >= 11 is 0. The fraction of sp³-hybridized carbons (Fsp3) is 0.400. The van der Waals surface area contributed by atoms with Crippen LogP contribution in [0, 0.1) is 13.8 Å². The second kappa shape index (κ2) is 7.47. The Bertz CT molecular complexity index is 709. The second-order valence-corrected chi connectivity index (χ2v) is 7.09. The molecule has 0 aromatic heterocycles. The zero-order valence-corrected chi connectivity index (χ0v) is 14.7. The highest BCUT2D eigenvalue weighted by molar-refractivity contribution is 7.93. The number of hydrogen-bond donors (Lipinski definition) is 1. The lowest BCUT2D eigenvalue weighted by molar-refractivity contribution is -0.139. The SMILES string of the molecule is CON(c1cccc(C)c1C)S(=O)(=O)C(C)OC(=O)/C=C(\C)N. The van der Waals surface area contributed by atoms with E-state index in [1.807, 2.05) is 13.0 Å². The molecule has 1 atom stereocenters. The Labute approximate surface area is 136 Å². The molecule has 0 heterocycles. The van der Waals surface area contributed by atoms with Crippen molar-refractivity contribution in [3.63, 3.8) is 0 Å². The summed E-state index contributed by atoms with van der Waals surface area (Å²) in [5.41, 5.74) is 6.16. The third-order valence-corrected chi connectivity index (χ3v) is 4.96. The number of sulfonamides is 1. The molecule has 7 nitrogen and oxygen atoms in total. The summed E-state index contributed by atoms with van der Waals surface area (Å²) < 4.78 is 30.9. The van der Waals surface area contributed by atoms with Gasteiger partial charge in [-0.2, -0.15) is 0 Å². The fourth-order valence-corrected chi connectivity index (χ4v) is 3.02. The highest BCUT2D eigenvalue weighted by Crippen LogP contribution is 2.27. The molecule has 0 saturated carbocycles. The molecule has 0 aliphatic heterocycles. The van der Waals surface area contributed by atoms with Crippen LogP contribution >= 0.6 is 0 Å². The first-order valence-corrected chi connectivity index (χ1v) is 8.40. The molecule has 0 radical (unpaired) electrons. The summed E-state index contributed by atoms with van der Waals surface area (Å²) in [6.07, 6.45) is 1.01. The van der Waals surface area contributed by atoms with Gasteiger partial charge in [-0.3, -0.25) is 4.84 Å². The standard InChI is InChI=1S/C15H22N2O5S/c1-10-7-6-8-14(12(10)3)17(21-5)23(19,20)13(4)22-15(18)9-11(2)16/h6-9,13H,16H2,1-5H3/b11-9+. The highest BCUT2D eigenvalue weighted by Gasteiger charge is 2.33. The van der Waals surface area contributed by atoms with Gasteiger partial charge in [-0.15, -0.1) is 4.47 Å². The molecule has 128 valence electrons. The summed E-state index contributed by atoms with van der Waals surface area (Å²) in [4.78, 5) is 16.6. The number of rotatable bonds is 6. The van der Waals surface area contributed by atoms with E-state index < -0.39 is 21.4 Å². The Hall–Kier alpha value is -2.06. The number of hydrogen-bond acceptors (Lipinski definition) is 6. The van der Waals surface area contributed by atoms with Gasteiger partial charge in [0, 0.05) is 11.8 Å². The summed E-state index contributed by atoms with van der Waals surface area (Å²) in [6.45, 7) is 6.39. The van der Waals surface area contributed by atoms with Crippen molar-refractivity contribution in [1.82, 2.24) is 0 Å². The van der Waals surface area contributed by atoms with Gasteiger partial charge in [0.15, 0.2) is 0 Å². The molecule has 1 rings (SSSR count). The molecule has 0 spiro atoms. The number of anilines is 1. The normalized spacial score (nSPS) is 13.5. The Morgan fingerprint density at radius 1 is 1.35 bits per heavy atom. The van der Waals surface area contributed by atoms with Gasteiger partial charge in [-0.25, -0.2) is 13.2 Å². The molecule has 1 unspecified atom stereocenters. The zero-order valence-electron chi connectivity index (χ0n) is 13.9. The monoisotopic (exact) mass is 342 g/mol. The molecule has 23 heavy (non-hydrogen) atoms. The van der Waals surface area contributed by atoms with Crippen LogP contribution in [-0.2, 0) is 24.4 Å². The lowest BCUT2D eigenvalue weighted by Gasteiger charge is -2.26. The van der Waals surface area contributed by atoms with Crippen LogP contribution in [0.2, 0.25) is 0 Å². The minimum atomic E-state index is -4.08. The lowest BCUT2D eigenvalue weighted by atomic mass is 10.1. The van der Waals surface area contributed by atoms with Crippen LogP contribution in [0.25, 0.3) is 0 Å². The van der Waals surface area contributed by atoms with Crippen LogP contribution in [0.3, 0.4) is 0 Å². The van der Waals surface area contributed by atoms with Crippen LogP contribution in [0.5, 0.6) is 0 Å². The maximum Gasteiger partial charge on any atom is 0.333 e. The second-order valence-electron chi connectivity index (χ2n) is 5.07. The Balaban J connectivity index is 3.15. The summed E-state index contributed by atoms with van der Waals surface area (Å²) in [7, 11) is -2.84. The highest BCUT2D eigenvalue weighted by atomic mass is 32.2. The number of nitrogens with two attached hydrogens (primary N) is 1. The van der Waals surface area contributed by atoms with Crippen molar-refractivity contribution in [3.8, 4) is 0 Å². The van der Waals surface area contributed by atoms with Crippen molar-refractivity contribution in [1.29, 1.82) is 0 Å². The van der Waals surface area contributed by atoms with Crippen molar-refractivity contribution in [2.75, 3.05) is 11.6 Å². The van der Waals surface area contributed by atoms with Crippen LogP contribution in [0.15, 0.2) is 30.0 Å². The molecular formula is C15H22N2O5S. The molecule has 1 aromatic carbocycles. The van der Waals surface area contributed by atoms with Crippen LogP contribution < -0.4 is 10.2 Å². The van der Waals surface area contributed by atoms with Crippen molar-refractivity contribution in [3.05, 3.63) is 41.1 Å². The summed E-state index contributed by atoms with van der Waals surface area (Å²) in [5.74, 6) is -0.835. The molecule has 0 amide bonds. The van der Waals surface area contributed by atoms with Crippen molar-refractivity contribution < 1.29 is 22.8 Å². The molecule has 8 heteroatoms. The van der Waals surface area contributed by atoms with E-state index in [2.05, 4.69) is 0 Å². The van der Waals surface area contributed by atoms with Crippen LogP contribution in [-0.4, -0.2) is 26.9 Å². The van der Waals surface area contributed by atoms with Gasteiger partial charge in [0.05, 0.1) is 12.8 Å². The predicted octanol–water partition coefficient (Wildman–Crippen LogP) is 1.75. The average Bonchev–Trinajstić information content (AvgIpc) is 2.42. The van der Waals surface area contributed by atoms with E-state index in [9.17, 15) is 13.2 Å². The maximum atomic E-state index is 12.6. The van der Waals surface area contributed by atoms with Gasteiger partial charge < -0.3 is 10.5 Å². The molecular weight excluding hydrogens is 320 g/mol. The predicted molar refractivity (Wildman–Crippen MR) is 87.8 cm³/mol. The van der Waals surface area contributed by atoms with E-state index >= 15 is 0 Å². The molecule has 0 saturated heterocycles. The first-order valence-electron chi connectivity index (χ1n) is 6.90. The molecule has 0 bridgehead atoms. The molecule has 0 aliphatic carbocycles. The number of nitrogens with zero attached hydrogens (tertiary/aromatic N) is 1. The van der Waals surface area contributed by atoms with Gasteiger partial charge in [0.2, 0.25) is 5.44 Å². The van der Waals surface area contributed by atoms with Gasteiger partial charge in [-0.1, -0.05) is 12.1 Å². The number of ether oxygens (including phenoxy) is 1. The van der Waals surface area contributed by atoms with Gasteiger partial charge in [0.25, 0.3) is 10.0 Å². The van der Waals surface area contributed by atoms with Crippen molar-refractivity contribution in [2.45, 2.75) is 33.1 Å². The number of esters is 1. The van der Waals surface area contributed by atoms with Gasteiger partial charge in [0.1, 0.15) is 0 Å². The zero-order chi connectivity index (χ0) is 17.8. The number of allylic oxidation sites excluding steroid dienone is 1. The van der Waals surface area contributed by atoms with Crippen LogP contribution in [0.1, 0.15) is 25.0 Å². The summed E-state index contributed by atoms with van der Waals surface area (Å²) in [5, 5.41) is 0. The number of carbonyl (C=O) groups excluding carboxylic acids is 1. The maximum absolute atomic E-state index is 12.6. The number of aryl methyl sites for hydroxylation is 1. The third kappa shape index (κ3) is 4.46.